The molecule has 106 valence electrons. The summed E-state index contributed by atoms with van der Waals surface area (Å²) in [5.74, 6) is 2.66. The van der Waals surface area contributed by atoms with Crippen molar-refractivity contribution in [3.63, 3.8) is 0 Å². The van der Waals surface area contributed by atoms with Gasteiger partial charge < -0.3 is 19.5 Å². The van der Waals surface area contributed by atoms with Gasteiger partial charge in [0.1, 0.15) is 17.8 Å². The molecule has 0 aliphatic carbocycles. The number of benzene rings is 1. The first-order valence-corrected chi connectivity index (χ1v) is 6.57. The molecule has 0 saturated heterocycles. The van der Waals surface area contributed by atoms with Gasteiger partial charge in [-0.15, -0.1) is 0 Å². The summed E-state index contributed by atoms with van der Waals surface area (Å²) in [6.45, 7) is 0. The Kier molecular flexibility index (Phi) is 4.62. The number of halogens is 1. The zero-order chi connectivity index (χ0) is 14.5. The molecule has 0 fully saturated rings. The van der Waals surface area contributed by atoms with Gasteiger partial charge in [0.05, 0.1) is 18.7 Å². The van der Waals surface area contributed by atoms with E-state index < -0.39 is 0 Å². The first-order chi connectivity index (χ1) is 9.69. The number of aromatic nitrogens is 2. The zero-order valence-electron chi connectivity index (χ0n) is 11.3. The number of ether oxygens (including phenoxy) is 3. The van der Waals surface area contributed by atoms with Gasteiger partial charge in [-0.1, -0.05) is 0 Å². The van der Waals surface area contributed by atoms with E-state index in [0.717, 1.165) is 10.2 Å². The molecule has 2 rings (SSSR count). The van der Waals surface area contributed by atoms with Gasteiger partial charge >= 0.3 is 0 Å². The van der Waals surface area contributed by atoms with Crippen LogP contribution in [0.5, 0.6) is 23.1 Å². The van der Waals surface area contributed by atoms with E-state index in [4.69, 9.17) is 14.2 Å². The Hall–Kier alpha value is -2.02. The van der Waals surface area contributed by atoms with E-state index in [2.05, 4.69) is 31.2 Å². The normalized spacial score (nSPS) is 10.0. The highest BCUT2D eigenvalue weighted by molar-refractivity contribution is 9.10. The third-order valence-electron chi connectivity index (χ3n) is 2.56. The standard InChI is InChI=1S/C13H14BrN3O3/c1-15-12-11(19-3)13(17-7-16-12)20-10-5-4-8(18-2)6-9(10)14/h4-7H,1-3H3,(H,15,16,17). The molecule has 2 aromatic rings. The topological polar surface area (TPSA) is 65.5 Å². The van der Waals surface area contributed by atoms with Gasteiger partial charge in [-0.25, -0.2) is 4.98 Å². The molecule has 0 aliphatic heterocycles. The van der Waals surface area contributed by atoms with Crippen LogP contribution in [0, 0.1) is 0 Å². The number of methoxy groups -OCH3 is 2. The predicted molar refractivity (Wildman–Crippen MR) is 78.9 cm³/mol. The van der Waals surface area contributed by atoms with Crippen molar-refractivity contribution in [2.45, 2.75) is 0 Å². The molecule has 0 amide bonds. The van der Waals surface area contributed by atoms with Crippen molar-refractivity contribution in [3.8, 4) is 23.1 Å². The van der Waals surface area contributed by atoms with Crippen molar-refractivity contribution in [2.24, 2.45) is 0 Å². The fourth-order valence-corrected chi connectivity index (χ4v) is 2.03. The Bertz CT molecular complexity index is 607. The maximum Gasteiger partial charge on any atom is 0.268 e. The van der Waals surface area contributed by atoms with Crippen LogP contribution in [-0.4, -0.2) is 31.2 Å². The van der Waals surface area contributed by atoms with Crippen molar-refractivity contribution >= 4 is 21.7 Å². The fraction of sp³-hybridized carbons (Fsp3) is 0.231. The Morgan fingerprint density at radius 3 is 2.55 bits per heavy atom. The lowest BCUT2D eigenvalue weighted by atomic mass is 10.3. The number of hydrogen-bond acceptors (Lipinski definition) is 6. The average molecular weight is 340 g/mol. The second-order valence-corrected chi connectivity index (χ2v) is 4.56. The Morgan fingerprint density at radius 1 is 1.15 bits per heavy atom. The van der Waals surface area contributed by atoms with Gasteiger partial charge in [-0.05, 0) is 34.1 Å². The summed E-state index contributed by atoms with van der Waals surface area (Å²) in [6.07, 6.45) is 1.40. The van der Waals surface area contributed by atoms with Gasteiger partial charge in [0, 0.05) is 7.05 Å². The molecule has 0 radical (unpaired) electrons. The van der Waals surface area contributed by atoms with Crippen LogP contribution in [0.25, 0.3) is 0 Å². The highest BCUT2D eigenvalue weighted by Crippen LogP contribution is 2.37. The molecule has 1 N–H and O–H groups in total. The molecule has 0 bridgehead atoms. The lowest BCUT2D eigenvalue weighted by Gasteiger charge is -2.13. The fourth-order valence-electron chi connectivity index (χ4n) is 1.59. The molecule has 1 heterocycles. The van der Waals surface area contributed by atoms with Crippen molar-refractivity contribution in [1.82, 2.24) is 9.97 Å². The van der Waals surface area contributed by atoms with Crippen molar-refractivity contribution in [3.05, 3.63) is 29.0 Å². The highest BCUT2D eigenvalue weighted by atomic mass is 79.9. The van der Waals surface area contributed by atoms with Crippen LogP contribution < -0.4 is 19.5 Å². The molecule has 20 heavy (non-hydrogen) atoms. The molecular formula is C13H14BrN3O3. The third-order valence-corrected chi connectivity index (χ3v) is 3.18. The first kappa shape index (κ1) is 14.4. The van der Waals surface area contributed by atoms with Crippen LogP contribution in [0.3, 0.4) is 0 Å². The van der Waals surface area contributed by atoms with E-state index in [-0.39, 0.29) is 0 Å². The molecule has 0 aliphatic rings. The summed E-state index contributed by atoms with van der Waals surface area (Å²) in [4.78, 5) is 8.15. The van der Waals surface area contributed by atoms with Crippen LogP contribution in [0.2, 0.25) is 0 Å². The number of nitrogens with zero attached hydrogens (tertiary/aromatic N) is 2. The van der Waals surface area contributed by atoms with Crippen LogP contribution in [0.1, 0.15) is 0 Å². The van der Waals surface area contributed by atoms with Crippen molar-refractivity contribution < 1.29 is 14.2 Å². The van der Waals surface area contributed by atoms with E-state index in [0.29, 0.717) is 23.2 Å². The van der Waals surface area contributed by atoms with E-state index in [1.165, 1.54) is 13.4 Å². The van der Waals surface area contributed by atoms with E-state index in [1.807, 2.05) is 6.07 Å². The second kappa shape index (κ2) is 6.42. The minimum absolute atomic E-state index is 0.331. The van der Waals surface area contributed by atoms with Gasteiger partial charge in [-0.3, -0.25) is 0 Å². The Balaban J connectivity index is 2.35. The molecule has 1 aromatic heterocycles. The Morgan fingerprint density at radius 2 is 1.95 bits per heavy atom. The van der Waals surface area contributed by atoms with Gasteiger partial charge in [0.25, 0.3) is 5.88 Å². The van der Waals surface area contributed by atoms with Gasteiger partial charge in [0.15, 0.2) is 5.82 Å². The molecule has 0 unspecified atom stereocenters. The summed E-state index contributed by atoms with van der Waals surface area (Å²) in [5.41, 5.74) is 0. The average Bonchev–Trinajstić information content (AvgIpc) is 2.48. The van der Waals surface area contributed by atoms with Crippen LogP contribution in [0.4, 0.5) is 5.82 Å². The second-order valence-electron chi connectivity index (χ2n) is 3.71. The summed E-state index contributed by atoms with van der Waals surface area (Å²) < 4.78 is 16.9. The molecule has 0 atom stereocenters. The van der Waals surface area contributed by atoms with Crippen molar-refractivity contribution in [1.29, 1.82) is 0 Å². The largest absolute Gasteiger partial charge is 0.497 e. The molecule has 7 heteroatoms. The molecule has 0 saturated carbocycles. The summed E-state index contributed by atoms with van der Waals surface area (Å²) in [6, 6.07) is 5.39. The quantitative estimate of drug-likeness (QED) is 0.902. The van der Waals surface area contributed by atoms with E-state index in [9.17, 15) is 0 Å². The molecule has 0 spiro atoms. The van der Waals surface area contributed by atoms with E-state index in [1.54, 1.807) is 26.3 Å². The minimum atomic E-state index is 0.331. The summed E-state index contributed by atoms with van der Waals surface area (Å²) in [7, 11) is 4.89. The van der Waals surface area contributed by atoms with Gasteiger partial charge in [-0.2, -0.15) is 4.98 Å². The van der Waals surface area contributed by atoms with Crippen LogP contribution >= 0.6 is 15.9 Å². The summed E-state index contributed by atoms with van der Waals surface area (Å²) >= 11 is 3.42. The van der Waals surface area contributed by atoms with Crippen LogP contribution in [0.15, 0.2) is 29.0 Å². The third kappa shape index (κ3) is 2.93. The molecule has 1 aromatic carbocycles. The lowest BCUT2D eigenvalue weighted by molar-refractivity contribution is 0.367. The maximum absolute atomic E-state index is 5.75. The number of rotatable bonds is 5. The maximum atomic E-state index is 5.75. The number of anilines is 1. The Labute approximate surface area is 125 Å². The monoisotopic (exact) mass is 339 g/mol. The minimum Gasteiger partial charge on any atom is -0.497 e. The van der Waals surface area contributed by atoms with Crippen molar-refractivity contribution in [2.75, 3.05) is 26.6 Å². The SMILES string of the molecule is CNc1ncnc(Oc2ccc(OC)cc2Br)c1OC. The van der Waals surface area contributed by atoms with Gasteiger partial charge in [0.2, 0.25) is 5.75 Å². The number of hydrogen-bond donors (Lipinski definition) is 1. The molecular weight excluding hydrogens is 326 g/mol. The lowest BCUT2D eigenvalue weighted by Crippen LogP contribution is -2.01. The van der Waals surface area contributed by atoms with E-state index >= 15 is 0 Å². The molecule has 6 nitrogen and oxygen atoms in total. The summed E-state index contributed by atoms with van der Waals surface area (Å²) in [5, 5.41) is 2.92. The van der Waals surface area contributed by atoms with Crippen LogP contribution in [-0.2, 0) is 0 Å². The first-order valence-electron chi connectivity index (χ1n) is 5.77. The number of nitrogens with one attached hydrogen (secondary N) is 1. The predicted octanol–water partition coefficient (Wildman–Crippen LogP) is 3.09. The highest BCUT2D eigenvalue weighted by Gasteiger charge is 2.14. The smallest absolute Gasteiger partial charge is 0.268 e. The zero-order valence-corrected chi connectivity index (χ0v) is 12.9.